The van der Waals surface area contributed by atoms with Crippen molar-refractivity contribution in [3.63, 3.8) is 0 Å². The summed E-state index contributed by atoms with van der Waals surface area (Å²) in [7, 11) is 0. The minimum Gasteiger partial charge on any atom is -0.467 e. The lowest BCUT2D eigenvalue weighted by Gasteiger charge is -2.28. The van der Waals surface area contributed by atoms with E-state index in [-0.39, 0.29) is 11.9 Å². The fourth-order valence-corrected chi connectivity index (χ4v) is 3.80. The molecule has 3 aromatic heterocycles. The van der Waals surface area contributed by atoms with Gasteiger partial charge in [0, 0.05) is 11.9 Å². The average molecular weight is 343 g/mol. The molecule has 124 valence electrons. The maximum Gasteiger partial charge on any atom is 0.273 e. The number of thiazole rings is 1. The molecule has 8 heteroatoms. The predicted octanol–water partition coefficient (Wildman–Crippen LogP) is 3.28. The number of hydrogen-bond acceptors (Lipinski definition) is 6. The molecule has 24 heavy (non-hydrogen) atoms. The van der Waals surface area contributed by atoms with Crippen LogP contribution in [0, 0.1) is 0 Å². The summed E-state index contributed by atoms with van der Waals surface area (Å²) in [5.74, 6) is 1.37. The van der Waals surface area contributed by atoms with Crippen molar-refractivity contribution in [1.82, 2.24) is 25.1 Å². The first-order chi connectivity index (χ1) is 11.8. The molecule has 4 heterocycles. The molecule has 1 unspecified atom stereocenters. The lowest BCUT2D eigenvalue weighted by molar-refractivity contribution is 0.0653. The van der Waals surface area contributed by atoms with E-state index in [0.29, 0.717) is 16.5 Å². The fourth-order valence-electron chi connectivity index (χ4n) is 3.06. The Labute approximate surface area is 142 Å². The summed E-state index contributed by atoms with van der Waals surface area (Å²) in [5, 5.41) is 9.05. The number of carbonyl (C=O) groups excluding carboxylic acids is 1. The Balaban J connectivity index is 1.61. The second kappa shape index (κ2) is 6.56. The smallest absolute Gasteiger partial charge is 0.273 e. The van der Waals surface area contributed by atoms with Crippen molar-refractivity contribution in [2.24, 2.45) is 0 Å². The third-order valence-electron chi connectivity index (χ3n) is 4.23. The molecule has 0 aromatic carbocycles. The number of likely N-dealkylation sites (tertiary alicyclic amines) is 1. The number of H-pyrrole nitrogens is 1. The monoisotopic (exact) mass is 343 g/mol. The van der Waals surface area contributed by atoms with Crippen LogP contribution in [-0.2, 0) is 0 Å². The Morgan fingerprint density at radius 2 is 2.33 bits per heavy atom. The third kappa shape index (κ3) is 2.84. The van der Waals surface area contributed by atoms with E-state index in [4.69, 9.17) is 4.42 Å². The molecule has 1 saturated heterocycles. The third-order valence-corrected chi connectivity index (χ3v) is 5.08. The maximum atomic E-state index is 13.0. The first-order valence-corrected chi connectivity index (χ1v) is 8.86. The Bertz CT molecular complexity index is 796. The summed E-state index contributed by atoms with van der Waals surface area (Å²) in [6.45, 7) is 0.722. The van der Waals surface area contributed by atoms with Gasteiger partial charge in [-0.2, -0.15) is 5.10 Å². The van der Waals surface area contributed by atoms with Crippen LogP contribution < -0.4 is 0 Å². The van der Waals surface area contributed by atoms with Crippen molar-refractivity contribution in [3.8, 4) is 10.8 Å². The number of rotatable bonds is 3. The van der Waals surface area contributed by atoms with Gasteiger partial charge in [0.25, 0.3) is 5.91 Å². The Morgan fingerprint density at radius 3 is 3.12 bits per heavy atom. The highest BCUT2D eigenvalue weighted by molar-refractivity contribution is 7.13. The molecule has 0 saturated carbocycles. The summed E-state index contributed by atoms with van der Waals surface area (Å²) in [6.07, 6.45) is 7.23. The lowest BCUT2D eigenvalue weighted by atomic mass is 10.1. The molecule has 1 amide bonds. The first-order valence-electron chi connectivity index (χ1n) is 7.98. The van der Waals surface area contributed by atoms with Crippen molar-refractivity contribution in [2.45, 2.75) is 31.7 Å². The van der Waals surface area contributed by atoms with Crippen LogP contribution in [0.4, 0.5) is 0 Å². The topological polar surface area (TPSA) is 87.9 Å². The van der Waals surface area contributed by atoms with Gasteiger partial charge in [0.05, 0.1) is 12.3 Å². The summed E-state index contributed by atoms with van der Waals surface area (Å²) >= 11 is 1.39. The normalized spacial score (nSPS) is 18.5. The van der Waals surface area contributed by atoms with Crippen LogP contribution in [0.3, 0.4) is 0 Å². The Kier molecular flexibility index (Phi) is 4.12. The molecule has 0 bridgehead atoms. The standard InChI is InChI=1S/C16H17N5O2S/c22-16(11-9-24-15(19-11)14-17-10-18-20-14)21-7-3-1-2-5-12(21)13-6-4-8-23-13/h4,6,8-10,12H,1-3,5,7H2,(H,17,18,20). The minimum atomic E-state index is -0.0553. The Morgan fingerprint density at radius 1 is 1.38 bits per heavy atom. The van der Waals surface area contributed by atoms with Gasteiger partial charge in [-0.05, 0) is 25.0 Å². The van der Waals surface area contributed by atoms with Crippen molar-refractivity contribution in [2.75, 3.05) is 6.54 Å². The SMILES string of the molecule is O=C(c1csc(-c2ncn[nH]2)n1)N1CCCCCC1c1ccco1. The highest BCUT2D eigenvalue weighted by atomic mass is 32.1. The van der Waals surface area contributed by atoms with Crippen LogP contribution in [0.1, 0.15) is 48.0 Å². The van der Waals surface area contributed by atoms with E-state index < -0.39 is 0 Å². The second-order valence-electron chi connectivity index (χ2n) is 5.75. The highest BCUT2D eigenvalue weighted by Gasteiger charge is 2.30. The highest BCUT2D eigenvalue weighted by Crippen LogP contribution is 2.32. The molecule has 1 aliphatic heterocycles. The van der Waals surface area contributed by atoms with Gasteiger partial charge in [0.2, 0.25) is 0 Å². The minimum absolute atomic E-state index is 0.0228. The van der Waals surface area contributed by atoms with Gasteiger partial charge in [-0.25, -0.2) is 9.97 Å². The van der Waals surface area contributed by atoms with Crippen molar-refractivity contribution in [3.05, 3.63) is 41.6 Å². The predicted molar refractivity (Wildman–Crippen MR) is 88.4 cm³/mol. The van der Waals surface area contributed by atoms with E-state index in [1.54, 1.807) is 11.6 Å². The van der Waals surface area contributed by atoms with Gasteiger partial charge in [-0.1, -0.05) is 12.8 Å². The molecule has 1 aliphatic rings. The summed E-state index contributed by atoms with van der Waals surface area (Å²) in [5.41, 5.74) is 0.449. The fraction of sp³-hybridized carbons (Fsp3) is 0.375. The molecule has 4 rings (SSSR count). The van der Waals surface area contributed by atoms with Crippen molar-refractivity contribution in [1.29, 1.82) is 0 Å². The van der Waals surface area contributed by atoms with Gasteiger partial charge < -0.3 is 9.32 Å². The van der Waals surface area contributed by atoms with E-state index in [0.717, 1.165) is 38.0 Å². The molecule has 0 spiro atoms. The van der Waals surface area contributed by atoms with Crippen LogP contribution in [-0.4, -0.2) is 37.5 Å². The number of nitrogens with one attached hydrogen (secondary N) is 1. The summed E-state index contributed by atoms with van der Waals surface area (Å²) in [4.78, 5) is 23.4. The number of furan rings is 1. The zero-order valence-electron chi connectivity index (χ0n) is 13.0. The molecule has 0 radical (unpaired) electrons. The van der Waals surface area contributed by atoms with E-state index in [9.17, 15) is 4.79 Å². The van der Waals surface area contributed by atoms with Gasteiger partial charge in [0.15, 0.2) is 10.8 Å². The zero-order valence-corrected chi connectivity index (χ0v) is 13.8. The number of hydrogen-bond donors (Lipinski definition) is 1. The molecular weight excluding hydrogens is 326 g/mol. The average Bonchev–Trinajstić information content (AvgIpc) is 3.33. The van der Waals surface area contributed by atoms with Gasteiger partial charge in [0.1, 0.15) is 17.8 Å². The number of nitrogens with zero attached hydrogens (tertiary/aromatic N) is 4. The van der Waals surface area contributed by atoms with E-state index in [1.807, 2.05) is 17.0 Å². The summed E-state index contributed by atoms with van der Waals surface area (Å²) in [6, 6.07) is 3.79. The van der Waals surface area contributed by atoms with Gasteiger partial charge >= 0.3 is 0 Å². The van der Waals surface area contributed by atoms with Crippen LogP contribution in [0.15, 0.2) is 34.5 Å². The van der Waals surface area contributed by atoms with Crippen LogP contribution in [0.5, 0.6) is 0 Å². The number of aromatic nitrogens is 4. The van der Waals surface area contributed by atoms with Crippen LogP contribution >= 0.6 is 11.3 Å². The zero-order chi connectivity index (χ0) is 16.4. The molecule has 0 aliphatic carbocycles. The first kappa shape index (κ1) is 15.1. The van der Waals surface area contributed by atoms with E-state index in [1.165, 1.54) is 17.7 Å². The number of amides is 1. The largest absolute Gasteiger partial charge is 0.467 e. The second-order valence-corrected chi connectivity index (χ2v) is 6.61. The Hall–Kier alpha value is -2.48. The molecule has 1 N–H and O–H groups in total. The lowest BCUT2D eigenvalue weighted by Crippen LogP contribution is -2.34. The molecule has 1 atom stereocenters. The van der Waals surface area contributed by atoms with Crippen LogP contribution in [0.25, 0.3) is 10.8 Å². The molecular formula is C16H17N5O2S. The molecule has 1 fully saturated rings. The summed E-state index contributed by atoms with van der Waals surface area (Å²) < 4.78 is 5.57. The van der Waals surface area contributed by atoms with Crippen molar-refractivity contribution >= 4 is 17.2 Å². The molecule has 3 aromatic rings. The van der Waals surface area contributed by atoms with Crippen LogP contribution in [0.2, 0.25) is 0 Å². The maximum absolute atomic E-state index is 13.0. The van der Waals surface area contributed by atoms with Gasteiger partial charge in [-0.3, -0.25) is 9.89 Å². The van der Waals surface area contributed by atoms with E-state index in [2.05, 4.69) is 20.2 Å². The number of aromatic amines is 1. The molecule has 7 nitrogen and oxygen atoms in total. The van der Waals surface area contributed by atoms with E-state index >= 15 is 0 Å². The van der Waals surface area contributed by atoms with Crippen molar-refractivity contribution < 1.29 is 9.21 Å². The van der Waals surface area contributed by atoms with Gasteiger partial charge in [-0.15, -0.1) is 11.3 Å². The quantitative estimate of drug-likeness (QED) is 0.788. The number of carbonyl (C=O) groups is 1.